The van der Waals surface area contributed by atoms with Gasteiger partial charge in [-0.25, -0.2) is 9.37 Å². The topological polar surface area (TPSA) is 138 Å². The molecule has 1 unspecified atom stereocenters. The number of nitrogens with zero attached hydrogens (tertiary/aromatic N) is 2. The van der Waals surface area contributed by atoms with Gasteiger partial charge in [-0.2, -0.15) is 0 Å². The zero-order valence-electron chi connectivity index (χ0n) is 23.9. The molecule has 2 heterocycles. The zero-order chi connectivity index (χ0) is 31.5. The molecule has 44 heavy (non-hydrogen) atoms. The Morgan fingerprint density at radius 3 is 2.59 bits per heavy atom. The van der Waals surface area contributed by atoms with Gasteiger partial charge in [0, 0.05) is 48.0 Å². The first kappa shape index (κ1) is 31.4. The minimum atomic E-state index is -0.932. The highest BCUT2D eigenvalue weighted by Crippen LogP contribution is 2.42. The Bertz CT molecular complexity index is 1840. The normalized spacial score (nSPS) is 16.5. The first-order valence-corrected chi connectivity index (χ1v) is 14.7. The number of halogens is 3. The second-order valence-electron chi connectivity index (χ2n) is 10.5. The number of carbonyl (C=O) groups excluding carboxylic acids is 1. The van der Waals surface area contributed by atoms with Gasteiger partial charge in [0.15, 0.2) is 0 Å². The van der Waals surface area contributed by atoms with Crippen LogP contribution in [0.3, 0.4) is 0 Å². The van der Waals surface area contributed by atoms with Crippen LogP contribution in [0.4, 0.5) is 10.1 Å². The largest absolute Gasteiger partial charge is 0.481 e. The number of aliphatic hydroxyl groups is 1. The van der Waals surface area contributed by atoms with E-state index >= 15 is 0 Å². The van der Waals surface area contributed by atoms with E-state index in [1.807, 2.05) is 6.07 Å². The van der Waals surface area contributed by atoms with Gasteiger partial charge in [-0.15, -0.1) is 0 Å². The number of aliphatic hydroxyl groups excluding tert-OH is 1. The highest BCUT2D eigenvalue weighted by atomic mass is 35.5. The molecule has 0 saturated heterocycles. The summed E-state index contributed by atoms with van der Waals surface area (Å²) in [6.45, 7) is 0.461. The molecule has 4 N–H and O–H groups in total. The number of ether oxygens (including phenoxy) is 1. The molecule has 1 aliphatic carbocycles. The molecule has 230 valence electrons. The molecule has 0 bridgehead atoms. The molecule has 1 fully saturated rings. The molecule has 1 aliphatic rings. The van der Waals surface area contributed by atoms with Gasteiger partial charge in [0.1, 0.15) is 11.4 Å². The van der Waals surface area contributed by atoms with E-state index in [4.69, 9.17) is 27.9 Å². The van der Waals surface area contributed by atoms with E-state index in [1.165, 1.54) is 20.2 Å². The number of benzene rings is 2. The number of aromatic nitrogens is 3. The first-order valence-electron chi connectivity index (χ1n) is 13.9. The number of methoxy groups -OCH3 is 1. The lowest BCUT2D eigenvalue weighted by Crippen LogP contribution is -2.41. The van der Waals surface area contributed by atoms with E-state index < -0.39 is 28.4 Å². The van der Waals surface area contributed by atoms with Crippen LogP contribution >= 0.6 is 23.2 Å². The number of H-pyrrole nitrogens is 1. The summed E-state index contributed by atoms with van der Waals surface area (Å²) in [5.41, 5.74) is 0.433. The summed E-state index contributed by atoms with van der Waals surface area (Å²) in [6, 6.07) is 11.8. The Balaban J connectivity index is 1.45. The summed E-state index contributed by atoms with van der Waals surface area (Å²) in [5, 5.41) is 18.6. The Labute approximate surface area is 261 Å². The van der Waals surface area contributed by atoms with Gasteiger partial charge >= 0.3 is 0 Å². The minimum Gasteiger partial charge on any atom is -0.481 e. The number of amides is 1. The third-order valence-electron chi connectivity index (χ3n) is 7.60. The van der Waals surface area contributed by atoms with Gasteiger partial charge in [-0.1, -0.05) is 60.3 Å². The predicted octanol–water partition coefficient (Wildman–Crippen LogP) is 4.90. The predicted molar refractivity (Wildman–Crippen MR) is 167 cm³/mol. The van der Waals surface area contributed by atoms with Crippen LogP contribution in [0.1, 0.15) is 41.6 Å². The monoisotopic (exact) mass is 641 g/mol. The zero-order valence-corrected chi connectivity index (χ0v) is 25.4. The lowest BCUT2D eigenvalue weighted by atomic mass is 9.92. The van der Waals surface area contributed by atoms with E-state index in [-0.39, 0.29) is 33.4 Å². The third-order valence-corrected chi connectivity index (χ3v) is 8.41. The number of anilines is 1. The van der Waals surface area contributed by atoms with Crippen molar-refractivity contribution < 1.29 is 19.0 Å². The van der Waals surface area contributed by atoms with Crippen LogP contribution in [0.15, 0.2) is 58.1 Å². The molecular formula is C31H30Cl2FN5O5. The van der Waals surface area contributed by atoms with Crippen molar-refractivity contribution in [2.24, 2.45) is 7.05 Å². The lowest BCUT2D eigenvalue weighted by molar-refractivity contribution is 0.0901. The van der Waals surface area contributed by atoms with E-state index in [9.17, 15) is 23.9 Å². The number of rotatable bonds is 8. The Morgan fingerprint density at radius 1 is 1.09 bits per heavy atom. The average molecular weight is 643 g/mol. The Kier molecular flexibility index (Phi) is 9.50. The molecule has 0 spiro atoms. The fraction of sp³-hybridized carbons (Fsp3) is 0.290. The van der Waals surface area contributed by atoms with Gasteiger partial charge in [0.2, 0.25) is 5.88 Å². The first-order chi connectivity index (χ1) is 21.1. The number of aromatic amines is 1. The molecular weight excluding hydrogens is 612 g/mol. The third kappa shape index (κ3) is 6.56. The van der Waals surface area contributed by atoms with Crippen LogP contribution in [-0.2, 0) is 13.6 Å². The average Bonchev–Trinajstić information content (AvgIpc) is 3.00. The smallest absolute Gasteiger partial charge is 0.277 e. The second kappa shape index (κ2) is 13.3. The molecule has 1 saturated carbocycles. The summed E-state index contributed by atoms with van der Waals surface area (Å²) in [7, 11) is 2.81. The summed E-state index contributed by atoms with van der Waals surface area (Å²) in [6.07, 6.45) is 3.37. The quantitative estimate of drug-likeness (QED) is 0.215. The summed E-state index contributed by atoms with van der Waals surface area (Å²) in [4.78, 5) is 41.7. The van der Waals surface area contributed by atoms with E-state index in [0.717, 1.165) is 48.1 Å². The van der Waals surface area contributed by atoms with Gasteiger partial charge < -0.3 is 20.5 Å². The molecule has 4 aromatic rings. The number of nitrogens with one attached hydrogen (secondary N) is 3. The molecule has 0 radical (unpaired) electrons. The Morgan fingerprint density at radius 2 is 1.84 bits per heavy atom. The minimum absolute atomic E-state index is 0.00525. The van der Waals surface area contributed by atoms with Crippen molar-refractivity contribution in [1.29, 1.82) is 0 Å². The van der Waals surface area contributed by atoms with E-state index in [1.54, 1.807) is 24.3 Å². The van der Waals surface area contributed by atoms with Crippen molar-refractivity contribution in [3.05, 3.63) is 96.2 Å². The van der Waals surface area contributed by atoms with Crippen molar-refractivity contribution in [2.45, 2.75) is 44.4 Å². The number of hydrogen-bond acceptors (Lipinski definition) is 7. The summed E-state index contributed by atoms with van der Waals surface area (Å²) >= 11 is 13.5. The van der Waals surface area contributed by atoms with Crippen LogP contribution in [-0.4, -0.2) is 45.0 Å². The maximum absolute atomic E-state index is 14.9. The Hall–Kier alpha value is -4.03. The standard InChI is InChI=1S/C31H30Cl2FN5O5/c1-39-31(43)21(14-26(41)38-39)29(42)36-24-13-17(34)12-20(28(24)33)18-6-5-7-19(27(18)32)22-11-10-16(30(37-22)44-2)15-35-23-8-3-4-9-25(23)40/h5-7,10-14,23,25,35,40H,3-4,8-9,15H2,1-2H3,(H,36,42)(H,38,41)/t23?,25-/m0/s1. The molecule has 13 heteroatoms. The molecule has 2 atom stereocenters. The fourth-order valence-corrected chi connectivity index (χ4v) is 5.89. The van der Waals surface area contributed by atoms with Crippen LogP contribution in [0, 0.1) is 5.82 Å². The van der Waals surface area contributed by atoms with Gasteiger partial charge in [-0.3, -0.25) is 24.2 Å². The fourth-order valence-electron chi connectivity index (χ4n) is 5.31. The van der Waals surface area contributed by atoms with Crippen molar-refractivity contribution >= 4 is 34.8 Å². The number of hydrogen-bond donors (Lipinski definition) is 4. The van der Waals surface area contributed by atoms with Crippen LogP contribution in [0.25, 0.3) is 22.4 Å². The molecule has 10 nitrogen and oxygen atoms in total. The number of carbonyl (C=O) groups is 1. The summed E-state index contributed by atoms with van der Waals surface area (Å²) < 4.78 is 21.3. The van der Waals surface area contributed by atoms with Crippen molar-refractivity contribution in [2.75, 3.05) is 12.4 Å². The van der Waals surface area contributed by atoms with E-state index in [0.29, 0.717) is 29.2 Å². The maximum atomic E-state index is 14.9. The van der Waals surface area contributed by atoms with Crippen molar-refractivity contribution in [1.82, 2.24) is 20.1 Å². The van der Waals surface area contributed by atoms with Gasteiger partial charge in [0.05, 0.1) is 34.6 Å². The highest BCUT2D eigenvalue weighted by Gasteiger charge is 2.24. The SMILES string of the molecule is COc1nc(-c2cccc(-c3cc(F)cc(NC(=O)c4cc(=O)[nH]n(C)c4=O)c3Cl)c2Cl)ccc1CNC1CCCC[C@@H]1O. The molecule has 5 rings (SSSR count). The summed E-state index contributed by atoms with van der Waals surface area (Å²) in [5.74, 6) is -1.26. The highest BCUT2D eigenvalue weighted by molar-refractivity contribution is 6.39. The second-order valence-corrected chi connectivity index (χ2v) is 11.3. The van der Waals surface area contributed by atoms with E-state index in [2.05, 4.69) is 20.7 Å². The number of aryl methyl sites for hydroxylation is 1. The van der Waals surface area contributed by atoms with Crippen LogP contribution in [0.5, 0.6) is 5.88 Å². The molecule has 0 aliphatic heterocycles. The van der Waals surface area contributed by atoms with Crippen molar-refractivity contribution in [3.8, 4) is 28.3 Å². The lowest BCUT2D eigenvalue weighted by Gasteiger charge is -2.28. The van der Waals surface area contributed by atoms with Crippen LogP contribution < -0.4 is 26.5 Å². The van der Waals surface area contributed by atoms with Crippen LogP contribution in [0.2, 0.25) is 10.0 Å². The molecule has 2 aromatic carbocycles. The maximum Gasteiger partial charge on any atom is 0.277 e. The molecule has 1 amide bonds. The molecule has 2 aromatic heterocycles. The number of pyridine rings is 1. The van der Waals surface area contributed by atoms with Gasteiger partial charge in [0.25, 0.3) is 17.0 Å². The van der Waals surface area contributed by atoms with Gasteiger partial charge in [-0.05, 0) is 31.0 Å². The van der Waals surface area contributed by atoms with Crippen molar-refractivity contribution in [3.63, 3.8) is 0 Å².